The van der Waals surface area contributed by atoms with Crippen LogP contribution in [0.5, 0.6) is 5.75 Å². The molecule has 1 aromatic heterocycles. The second kappa shape index (κ2) is 11.1. The average molecular weight is 477 g/mol. The minimum atomic E-state index is -0.596. The molecule has 2 heterocycles. The second-order valence-corrected chi connectivity index (χ2v) is 8.69. The summed E-state index contributed by atoms with van der Waals surface area (Å²) >= 11 is 0. The summed E-state index contributed by atoms with van der Waals surface area (Å²) in [5.74, 6) is 0.955. The number of urea groups is 1. The van der Waals surface area contributed by atoms with Crippen molar-refractivity contribution in [2.75, 3.05) is 17.2 Å². The summed E-state index contributed by atoms with van der Waals surface area (Å²) in [7, 11) is 0. The number of aromatic nitrogens is 2. The fraction of sp³-hybridized carbons (Fsp3) is 0.346. The molecule has 3 unspecified atom stereocenters. The molecule has 1 aliphatic heterocycles. The number of hydrogen-bond donors (Lipinski definition) is 4. The Morgan fingerprint density at radius 2 is 1.83 bits per heavy atom. The Bertz CT molecular complexity index is 1150. The van der Waals surface area contributed by atoms with Crippen LogP contribution in [0, 0.1) is 5.92 Å². The molecule has 184 valence electrons. The van der Waals surface area contributed by atoms with Gasteiger partial charge in [-0.15, -0.1) is 0 Å². The lowest BCUT2D eigenvalue weighted by Crippen LogP contribution is -2.57. The van der Waals surface area contributed by atoms with Crippen LogP contribution in [0.15, 0.2) is 60.7 Å². The number of carbonyl (C=O) groups is 2. The molecular weight excluding hydrogens is 444 g/mol. The Kier molecular flexibility index (Phi) is 7.67. The van der Waals surface area contributed by atoms with Crippen LogP contribution in [0.3, 0.4) is 0 Å². The lowest BCUT2D eigenvalue weighted by molar-refractivity contribution is -0.130. The second-order valence-electron chi connectivity index (χ2n) is 8.69. The standard InChI is InChI=1S/C26H32N6O3/c1-4-5-15-35-21-13-11-20(12-14-21)28-26(34)29-23-16-22(19-9-7-6-8-10-19)31-32(23)25-27-18(3)17(2)24(33)30-25/h6-14,16-18,25,27H,4-5,15H2,1-3H3,(H,30,33)(H2,28,29,34). The predicted octanol–water partition coefficient (Wildman–Crippen LogP) is 4.57. The van der Waals surface area contributed by atoms with Gasteiger partial charge in [0.05, 0.1) is 18.2 Å². The quantitative estimate of drug-likeness (QED) is 0.356. The van der Waals surface area contributed by atoms with Crippen molar-refractivity contribution in [2.45, 2.75) is 45.9 Å². The molecule has 4 N–H and O–H groups in total. The Morgan fingerprint density at radius 1 is 1.09 bits per heavy atom. The summed E-state index contributed by atoms with van der Waals surface area (Å²) in [6.45, 7) is 6.60. The molecule has 1 fully saturated rings. The summed E-state index contributed by atoms with van der Waals surface area (Å²) in [5.41, 5.74) is 2.21. The first-order valence-corrected chi connectivity index (χ1v) is 12.0. The highest BCUT2D eigenvalue weighted by Gasteiger charge is 2.32. The summed E-state index contributed by atoms with van der Waals surface area (Å²) < 4.78 is 7.26. The topological polar surface area (TPSA) is 109 Å². The Morgan fingerprint density at radius 3 is 2.51 bits per heavy atom. The summed E-state index contributed by atoms with van der Waals surface area (Å²) in [4.78, 5) is 25.3. The van der Waals surface area contributed by atoms with Crippen molar-refractivity contribution in [3.63, 3.8) is 0 Å². The Labute approximate surface area is 205 Å². The summed E-state index contributed by atoms with van der Waals surface area (Å²) in [5, 5.41) is 16.7. The van der Waals surface area contributed by atoms with Crippen LogP contribution in [-0.2, 0) is 4.79 Å². The largest absolute Gasteiger partial charge is 0.494 e. The molecule has 1 aliphatic rings. The average Bonchev–Trinajstić information content (AvgIpc) is 3.27. The number of hydrogen-bond acceptors (Lipinski definition) is 5. The molecular formula is C26H32N6O3. The highest BCUT2D eigenvalue weighted by molar-refractivity contribution is 5.99. The molecule has 35 heavy (non-hydrogen) atoms. The predicted molar refractivity (Wildman–Crippen MR) is 136 cm³/mol. The summed E-state index contributed by atoms with van der Waals surface area (Å²) in [6, 6.07) is 18.2. The summed E-state index contributed by atoms with van der Waals surface area (Å²) in [6.07, 6.45) is 1.47. The number of unbranched alkanes of at least 4 members (excludes halogenated alkanes) is 1. The van der Waals surface area contributed by atoms with E-state index in [9.17, 15) is 9.59 Å². The fourth-order valence-electron chi connectivity index (χ4n) is 3.74. The third-order valence-corrected chi connectivity index (χ3v) is 6.03. The maximum atomic E-state index is 12.8. The lowest BCUT2D eigenvalue weighted by Gasteiger charge is -2.34. The van der Waals surface area contributed by atoms with Crippen molar-refractivity contribution in [3.05, 3.63) is 60.7 Å². The molecule has 9 heteroatoms. The number of anilines is 2. The highest BCUT2D eigenvalue weighted by Crippen LogP contribution is 2.26. The van der Waals surface area contributed by atoms with Crippen molar-refractivity contribution in [1.29, 1.82) is 0 Å². The van der Waals surface area contributed by atoms with Crippen molar-refractivity contribution in [1.82, 2.24) is 20.4 Å². The van der Waals surface area contributed by atoms with E-state index < -0.39 is 12.3 Å². The van der Waals surface area contributed by atoms with E-state index in [0.29, 0.717) is 23.8 Å². The van der Waals surface area contributed by atoms with E-state index in [1.165, 1.54) is 0 Å². The number of carbonyl (C=O) groups excluding carboxylic acids is 2. The maximum Gasteiger partial charge on any atom is 0.324 e. The van der Waals surface area contributed by atoms with E-state index in [1.807, 2.05) is 56.3 Å². The number of nitrogens with zero attached hydrogens (tertiary/aromatic N) is 2. The van der Waals surface area contributed by atoms with E-state index in [1.54, 1.807) is 22.9 Å². The van der Waals surface area contributed by atoms with Gasteiger partial charge in [0.2, 0.25) is 5.91 Å². The first-order chi connectivity index (χ1) is 16.9. The van der Waals surface area contributed by atoms with E-state index >= 15 is 0 Å². The van der Waals surface area contributed by atoms with Crippen LogP contribution in [0.2, 0.25) is 0 Å². The van der Waals surface area contributed by atoms with Gasteiger partial charge >= 0.3 is 6.03 Å². The van der Waals surface area contributed by atoms with Crippen LogP contribution in [0.25, 0.3) is 11.3 Å². The van der Waals surface area contributed by atoms with Crippen molar-refractivity contribution >= 4 is 23.4 Å². The van der Waals surface area contributed by atoms with E-state index in [-0.39, 0.29) is 17.9 Å². The normalized spacial score (nSPS) is 19.6. The molecule has 4 rings (SSSR count). The first-order valence-electron chi connectivity index (χ1n) is 12.0. The van der Waals surface area contributed by atoms with Gasteiger partial charge in [0.25, 0.3) is 0 Å². The van der Waals surface area contributed by atoms with Crippen LogP contribution in [0.4, 0.5) is 16.3 Å². The van der Waals surface area contributed by atoms with Gasteiger partial charge in [-0.05, 0) is 37.6 Å². The van der Waals surface area contributed by atoms with Gasteiger partial charge < -0.3 is 15.4 Å². The maximum absolute atomic E-state index is 12.8. The number of benzene rings is 2. The van der Waals surface area contributed by atoms with Crippen molar-refractivity contribution in [3.8, 4) is 17.0 Å². The molecule has 9 nitrogen and oxygen atoms in total. The number of amides is 3. The smallest absolute Gasteiger partial charge is 0.324 e. The minimum absolute atomic E-state index is 0.0575. The van der Waals surface area contributed by atoms with Crippen molar-refractivity contribution < 1.29 is 14.3 Å². The molecule has 0 aliphatic carbocycles. The monoisotopic (exact) mass is 476 g/mol. The molecule has 0 spiro atoms. The van der Waals surface area contributed by atoms with Gasteiger partial charge in [0, 0.05) is 23.4 Å². The van der Waals surface area contributed by atoms with Gasteiger partial charge in [0.1, 0.15) is 11.6 Å². The molecule has 2 aromatic carbocycles. The van der Waals surface area contributed by atoms with Crippen LogP contribution in [0.1, 0.15) is 39.9 Å². The third kappa shape index (κ3) is 5.99. The van der Waals surface area contributed by atoms with Crippen molar-refractivity contribution in [2.24, 2.45) is 5.92 Å². The molecule has 0 saturated carbocycles. The SMILES string of the molecule is CCCCOc1ccc(NC(=O)Nc2cc(-c3ccccc3)nn2C2NC(=O)C(C)C(C)N2)cc1. The van der Waals surface area contributed by atoms with E-state index in [0.717, 1.165) is 24.2 Å². The zero-order chi connectivity index (χ0) is 24.8. The highest BCUT2D eigenvalue weighted by atomic mass is 16.5. The Hall–Kier alpha value is -3.85. The van der Waals surface area contributed by atoms with Crippen LogP contribution < -0.4 is 26.0 Å². The molecule has 3 amide bonds. The lowest BCUT2D eigenvalue weighted by atomic mass is 10.0. The first kappa shape index (κ1) is 24.3. The van der Waals surface area contributed by atoms with Crippen LogP contribution >= 0.6 is 0 Å². The van der Waals surface area contributed by atoms with E-state index in [2.05, 4.69) is 33.3 Å². The molecule has 1 saturated heterocycles. The zero-order valence-corrected chi connectivity index (χ0v) is 20.2. The number of ether oxygens (including phenoxy) is 1. The van der Waals surface area contributed by atoms with E-state index in [4.69, 9.17) is 4.74 Å². The fourth-order valence-corrected chi connectivity index (χ4v) is 3.74. The number of nitrogens with one attached hydrogen (secondary N) is 4. The van der Waals surface area contributed by atoms with Crippen LogP contribution in [-0.4, -0.2) is 34.4 Å². The molecule has 3 aromatic rings. The Balaban J connectivity index is 1.51. The molecule has 0 radical (unpaired) electrons. The molecule has 0 bridgehead atoms. The minimum Gasteiger partial charge on any atom is -0.494 e. The third-order valence-electron chi connectivity index (χ3n) is 6.03. The zero-order valence-electron chi connectivity index (χ0n) is 20.2. The van der Waals surface area contributed by atoms with Gasteiger partial charge in [-0.1, -0.05) is 50.6 Å². The van der Waals surface area contributed by atoms with Gasteiger partial charge in [-0.3, -0.25) is 15.4 Å². The van der Waals surface area contributed by atoms with Gasteiger partial charge in [0.15, 0.2) is 6.29 Å². The molecule has 3 atom stereocenters. The van der Waals surface area contributed by atoms with Gasteiger partial charge in [-0.2, -0.15) is 5.10 Å². The van der Waals surface area contributed by atoms with Gasteiger partial charge in [-0.25, -0.2) is 9.48 Å². The number of rotatable bonds is 8.